The first kappa shape index (κ1) is 18.7. The van der Waals surface area contributed by atoms with Crippen LogP contribution in [0.25, 0.3) is 0 Å². The quantitative estimate of drug-likeness (QED) is 0.445. The van der Waals surface area contributed by atoms with Crippen LogP contribution >= 0.6 is 11.6 Å². The molecule has 26 heavy (non-hydrogen) atoms. The highest BCUT2D eigenvalue weighted by molar-refractivity contribution is 6.30. The zero-order chi connectivity index (χ0) is 18.9. The van der Waals surface area contributed by atoms with Crippen molar-refractivity contribution in [2.75, 3.05) is 0 Å². The van der Waals surface area contributed by atoms with Crippen LogP contribution in [0.3, 0.4) is 0 Å². The number of fused-ring (bicyclic) bond motifs is 5. The fourth-order valence-electron chi connectivity index (χ4n) is 6.95. The van der Waals surface area contributed by atoms with Gasteiger partial charge in [-0.2, -0.15) is 0 Å². The first-order valence-electron chi connectivity index (χ1n) is 9.75. The monoisotopic (exact) mass is 382 g/mol. The molecular weight excluding hydrogens is 355 g/mol. The lowest BCUT2D eigenvalue weighted by atomic mass is 9.46. The summed E-state index contributed by atoms with van der Waals surface area (Å²) in [7, 11) is 0. The lowest BCUT2D eigenvalue weighted by molar-refractivity contribution is -0.127. The van der Waals surface area contributed by atoms with E-state index in [1.54, 1.807) is 6.08 Å². The first-order chi connectivity index (χ1) is 12.2. The lowest BCUT2D eigenvalue weighted by Gasteiger charge is -2.59. The van der Waals surface area contributed by atoms with E-state index in [0.717, 1.165) is 25.7 Å². The molecule has 0 bridgehead atoms. The summed E-state index contributed by atoms with van der Waals surface area (Å²) in [4.78, 5) is 0. The molecule has 0 radical (unpaired) electrons. The van der Waals surface area contributed by atoms with Gasteiger partial charge in [-0.05, 0) is 78.9 Å². The zero-order valence-corrected chi connectivity index (χ0v) is 16.1. The molecule has 3 fully saturated rings. The molecule has 0 saturated heterocycles. The average molecular weight is 383 g/mol. The van der Waals surface area contributed by atoms with Gasteiger partial charge in [-0.25, -0.2) is 4.39 Å². The highest BCUT2D eigenvalue weighted by Crippen LogP contribution is 2.67. The summed E-state index contributed by atoms with van der Waals surface area (Å²) in [6, 6.07) is 0. The maximum absolute atomic E-state index is 14.8. The normalized spacial score (nSPS) is 55.7. The van der Waals surface area contributed by atoms with Gasteiger partial charge >= 0.3 is 0 Å². The van der Waals surface area contributed by atoms with E-state index in [1.807, 2.05) is 0 Å². The minimum absolute atomic E-state index is 0.0175. The largest absolute Gasteiger partial charge is 0.390 e. The molecule has 0 aliphatic heterocycles. The second-order valence-electron chi connectivity index (χ2n) is 9.40. The lowest BCUT2D eigenvalue weighted by Crippen LogP contribution is -2.58. The molecule has 0 aromatic rings. The number of halogens is 2. The molecule has 0 spiro atoms. The van der Waals surface area contributed by atoms with Crippen LogP contribution in [0.1, 0.15) is 52.4 Å². The van der Waals surface area contributed by atoms with Crippen molar-refractivity contribution < 1.29 is 19.7 Å². The van der Waals surface area contributed by atoms with Gasteiger partial charge in [0.25, 0.3) is 0 Å². The Labute approximate surface area is 159 Å². The molecule has 5 heteroatoms. The van der Waals surface area contributed by atoms with Gasteiger partial charge in [0.05, 0.1) is 12.2 Å². The van der Waals surface area contributed by atoms with Crippen LogP contribution in [-0.2, 0) is 0 Å². The molecule has 0 unspecified atom stereocenters. The fraction of sp³-hybridized carbons (Fsp3) is 0.810. The second-order valence-corrected chi connectivity index (χ2v) is 9.59. The predicted molar refractivity (Wildman–Crippen MR) is 98.0 cm³/mol. The Morgan fingerprint density at radius 3 is 2.50 bits per heavy atom. The second kappa shape index (κ2) is 5.95. The van der Waals surface area contributed by atoms with Crippen LogP contribution < -0.4 is 0 Å². The molecule has 0 aromatic carbocycles. The highest BCUT2D eigenvalue weighted by Gasteiger charge is 2.65. The van der Waals surface area contributed by atoms with E-state index >= 15 is 0 Å². The van der Waals surface area contributed by atoms with Crippen LogP contribution in [-0.4, -0.2) is 39.3 Å². The summed E-state index contributed by atoms with van der Waals surface area (Å²) < 4.78 is 14.8. The third-order valence-electron chi connectivity index (χ3n) is 8.56. The van der Waals surface area contributed by atoms with E-state index in [-0.39, 0.29) is 23.2 Å². The maximum atomic E-state index is 14.8. The molecule has 0 amide bonds. The summed E-state index contributed by atoms with van der Waals surface area (Å²) in [5.41, 5.74) is -1.28. The van der Waals surface area contributed by atoms with Crippen molar-refractivity contribution in [2.45, 2.75) is 76.4 Å². The van der Waals surface area contributed by atoms with Crippen LogP contribution in [0.15, 0.2) is 11.6 Å². The Kier molecular flexibility index (Phi) is 4.29. The molecule has 4 aliphatic carbocycles. The number of hydrogen-bond donors (Lipinski definition) is 3. The van der Waals surface area contributed by atoms with Gasteiger partial charge in [0.2, 0.25) is 0 Å². The Morgan fingerprint density at radius 2 is 1.81 bits per heavy atom. The summed E-state index contributed by atoms with van der Waals surface area (Å²) in [6.45, 7) is 4.17. The first-order valence-corrected chi connectivity index (χ1v) is 10.1. The average Bonchev–Trinajstić information content (AvgIpc) is 2.85. The third kappa shape index (κ3) is 2.24. The molecule has 3 nitrogen and oxygen atoms in total. The summed E-state index contributed by atoms with van der Waals surface area (Å²) >= 11 is 5.63. The molecule has 9 atom stereocenters. The maximum Gasteiger partial charge on any atom is 0.148 e. The van der Waals surface area contributed by atoms with Gasteiger partial charge in [0.1, 0.15) is 11.8 Å². The predicted octanol–water partition coefficient (Wildman–Crippen LogP) is 3.16. The van der Waals surface area contributed by atoms with Crippen LogP contribution in [0, 0.1) is 39.9 Å². The zero-order valence-electron chi connectivity index (χ0n) is 15.4. The molecule has 144 valence electrons. The van der Waals surface area contributed by atoms with Crippen molar-refractivity contribution in [1.29, 1.82) is 0 Å². The van der Waals surface area contributed by atoms with Gasteiger partial charge in [-0.3, -0.25) is 0 Å². The van der Waals surface area contributed by atoms with E-state index < -0.39 is 29.4 Å². The van der Waals surface area contributed by atoms with Gasteiger partial charge in [-0.1, -0.05) is 25.8 Å². The molecule has 4 rings (SSSR count). The Bertz CT molecular complexity index is 699. The number of aliphatic hydroxyl groups excluding tert-OH is 2. The van der Waals surface area contributed by atoms with E-state index in [4.69, 9.17) is 11.6 Å². The van der Waals surface area contributed by atoms with Crippen molar-refractivity contribution >= 4 is 11.6 Å². The van der Waals surface area contributed by atoms with E-state index in [1.165, 1.54) is 0 Å². The molecule has 4 aliphatic rings. The molecule has 0 aromatic heterocycles. The van der Waals surface area contributed by atoms with Gasteiger partial charge < -0.3 is 15.3 Å². The summed E-state index contributed by atoms with van der Waals surface area (Å²) in [5.74, 6) is 3.10. The Balaban J connectivity index is 1.76. The van der Waals surface area contributed by atoms with Crippen LogP contribution in [0.5, 0.6) is 0 Å². The van der Waals surface area contributed by atoms with Crippen molar-refractivity contribution in [1.82, 2.24) is 0 Å². The van der Waals surface area contributed by atoms with Crippen molar-refractivity contribution in [3.63, 3.8) is 0 Å². The number of rotatable bonds is 0. The van der Waals surface area contributed by atoms with Crippen molar-refractivity contribution in [3.8, 4) is 11.3 Å². The van der Waals surface area contributed by atoms with Gasteiger partial charge in [0.15, 0.2) is 0 Å². The number of alkyl halides is 1. The Morgan fingerprint density at radius 1 is 1.12 bits per heavy atom. The van der Waals surface area contributed by atoms with E-state index in [9.17, 15) is 19.7 Å². The van der Waals surface area contributed by atoms with E-state index in [0.29, 0.717) is 18.4 Å². The molecule has 3 saturated carbocycles. The fourth-order valence-corrected chi connectivity index (χ4v) is 7.11. The standard InChI is InChI=1S/C21H28ClFO3/c1-19-6-5-15(24)18(23)14(19)11-16(25)17-12(19)3-7-20(2)13(17)4-8-21(20,26)9-10-22/h11-13,15-18,24-26H,3-8H2,1-2H3/t12-,13-,15-,16-,17+,18-,19+,20-,21+/m0/s1. The molecule has 3 N–H and O–H groups in total. The topological polar surface area (TPSA) is 60.7 Å². The molecule has 0 heterocycles. The molecular formula is C21H28ClFO3. The minimum atomic E-state index is -1.39. The third-order valence-corrected chi connectivity index (χ3v) is 8.65. The summed E-state index contributed by atoms with van der Waals surface area (Å²) in [5, 5.41) is 34.5. The van der Waals surface area contributed by atoms with E-state index in [2.05, 4.69) is 25.1 Å². The van der Waals surface area contributed by atoms with Crippen molar-refractivity contribution in [2.24, 2.45) is 28.6 Å². The van der Waals surface area contributed by atoms with Gasteiger partial charge in [0, 0.05) is 10.8 Å². The number of hydrogen-bond acceptors (Lipinski definition) is 3. The SMILES string of the molecule is C[C@]12CC[C@H](O)[C@@H](F)C1=C[C@H](O)[C@@H]1[C@@H]2CC[C@@]2(C)[C@H]1CC[C@@]2(O)C#CCl. The minimum Gasteiger partial charge on any atom is -0.390 e. The highest BCUT2D eigenvalue weighted by atomic mass is 35.5. The van der Waals surface area contributed by atoms with Crippen LogP contribution in [0.2, 0.25) is 0 Å². The number of aliphatic hydroxyl groups is 3. The van der Waals surface area contributed by atoms with Crippen molar-refractivity contribution in [3.05, 3.63) is 11.6 Å². The van der Waals surface area contributed by atoms with Gasteiger partial charge in [-0.15, -0.1) is 0 Å². The smallest absolute Gasteiger partial charge is 0.148 e. The van der Waals surface area contributed by atoms with Crippen LogP contribution in [0.4, 0.5) is 4.39 Å². The Hall–Kier alpha value is -0.600. The summed E-state index contributed by atoms with van der Waals surface area (Å²) in [6.07, 6.45) is 2.71.